The molecule has 0 spiro atoms. The summed E-state index contributed by atoms with van der Waals surface area (Å²) in [6.45, 7) is 4.03. The molecule has 0 bridgehead atoms. The van der Waals surface area contributed by atoms with E-state index in [2.05, 4.69) is 27.8 Å². The van der Waals surface area contributed by atoms with Crippen molar-refractivity contribution < 1.29 is 9.53 Å². The largest absolute Gasteiger partial charge is 0.490 e. The number of carbonyl (C=O) groups excluding carboxylic acids is 1. The number of benzene rings is 2. The van der Waals surface area contributed by atoms with Gasteiger partial charge < -0.3 is 10.1 Å². The van der Waals surface area contributed by atoms with Gasteiger partial charge in [0.05, 0.1) is 0 Å². The first-order valence-electron chi connectivity index (χ1n) is 6.10. The van der Waals surface area contributed by atoms with Gasteiger partial charge in [0.2, 0.25) is 0 Å². The van der Waals surface area contributed by atoms with Crippen LogP contribution in [0.3, 0.4) is 0 Å². The second kappa shape index (κ2) is 6.91. The van der Waals surface area contributed by atoms with Gasteiger partial charge in [-0.15, -0.1) is 0 Å². The molecule has 0 heterocycles. The molecule has 0 aliphatic rings. The summed E-state index contributed by atoms with van der Waals surface area (Å²) in [5.74, 6) is 0.563. The molecular formula is C16H14BrNO2. The second-order valence-corrected chi connectivity index (χ2v) is 5.00. The standard InChI is InChI=1S/C16H14BrNO2/c1-2-11-20-15-9-3-12(4-10-15)16(19)18-14-7-5-13(17)6-8-14/h2-10H,1,11H2,(H,18,19). The van der Waals surface area contributed by atoms with Crippen LogP contribution >= 0.6 is 15.9 Å². The van der Waals surface area contributed by atoms with Gasteiger partial charge in [-0.2, -0.15) is 0 Å². The maximum Gasteiger partial charge on any atom is 0.255 e. The molecule has 0 aromatic heterocycles. The SMILES string of the molecule is C=CCOc1ccc(C(=O)Nc2ccc(Br)cc2)cc1. The third kappa shape index (κ3) is 3.96. The summed E-state index contributed by atoms with van der Waals surface area (Å²) in [5, 5.41) is 2.83. The highest BCUT2D eigenvalue weighted by Gasteiger charge is 2.06. The number of ether oxygens (including phenoxy) is 1. The molecule has 0 unspecified atom stereocenters. The Labute approximate surface area is 126 Å². The van der Waals surface area contributed by atoms with E-state index in [1.807, 2.05) is 24.3 Å². The van der Waals surface area contributed by atoms with Crippen LogP contribution < -0.4 is 10.1 Å². The van der Waals surface area contributed by atoms with Crippen molar-refractivity contribution in [1.29, 1.82) is 0 Å². The Hall–Kier alpha value is -2.07. The molecule has 0 aliphatic carbocycles. The first kappa shape index (κ1) is 14.3. The number of hydrogen-bond donors (Lipinski definition) is 1. The minimum absolute atomic E-state index is 0.150. The quantitative estimate of drug-likeness (QED) is 0.831. The van der Waals surface area contributed by atoms with E-state index >= 15 is 0 Å². The first-order chi connectivity index (χ1) is 9.69. The Kier molecular flexibility index (Phi) is 4.96. The summed E-state index contributed by atoms with van der Waals surface area (Å²) < 4.78 is 6.34. The summed E-state index contributed by atoms with van der Waals surface area (Å²) in [7, 11) is 0. The molecule has 0 saturated heterocycles. The van der Waals surface area contributed by atoms with E-state index in [-0.39, 0.29) is 5.91 Å². The monoisotopic (exact) mass is 331 g/mol. The molecule has 1 amide bonds. The lowest BCUT2D eigenvalue weighted by atomic mass is 10.2. The molecule has 1 N–H and O–H groups in total. The molecule has 20 heavy (non-hydrogen) atoms. The molecule has 0 atom stereocenters. The van der Waals surface area contributed by atoms with Crippen LogP contribution in [0.2, 0.25) is 0 Å². The van der Waals surface area contributed by atoms with Crippen LogP contribution in [0.5, 0.6) is 5.75 Å². The fourth-order valence-electron chi connectivity index (χ4n) is 1.59. The van der Waals surface area contributed by atoms with Crippen molar-refractivity contribution in [3.63, 3.8) is 0 Å². The zero-order valence-corrected chi connectivity index (χ0v) is 12.4. The molecule has 0 aliphatic heterocycles. The van der Waals surface area contributed by atoms with Gasteiger partial charge in [-0.1, -0.05) is 28.6 Å². The van der Waals surface area contributed by atoms with Crippen molar-refractivity contribution in [2.45, 2.75) is 0 Å². The zero-order valence-electron chi connectivity index (χ0n) is 10.8. The number of hydrogen-bond acceptors (Lipinski definition) is 2. The molecule has 0 saturated carbocycles. The molecule has 0 fully saturated rings. The number of amides is 1. The van der Waals surface area contributed by atoms with Crippen LogP contribution in [0.4, 0.5) is 5.69 Å². The van der Waals surface area contributed by atoms with E-state index in [0.717, 1.165) is 10.2 Å². The van der Waals surface area contributed by atoms with Gasteiger partial charge in [-0.3, -0.25) is 4.79 Å². The molecule has 4 heteroatoms. The lowest BCUT2D eigenvalue weighted by Crippen LogP contribution is -2.11. The zero-order chi connectivity index (χ0) is 14.4. The molecule has 2 aromatic rings. The van der Waals surface area contributed by atoms with Gasteiger partial charge in [-0.25, -0.2) is 0 Å². The van der Waals surface area contributed by atoms with Gasteiger partial charge >= 0.3 is 0 Å². The van der Waals surface area contributed by atoms with Crippen molar-refractivity contribution in [3.8, 4) is 5.75 Å². The highest BCUT2D eigenvalue weighted by Crippen LogP contribution is 2.16. The van der Waals surface area contributed by atoms with E-state index in [9.17, 15) is 4.79 Å². The van der Waals surface area contributed by atoms with Crippen molar-refractivity contribution in [2.75, 3.05) is 11.9 Å². The Morgan fingerprint density at radius 2 is 1.80 bits per heavy atom. The number of halogens is 1. The minimum Gasteiger partial charge on any atom is -0.490 e. The van der Waals surface area contributed by atoms with E-state index in [0.29, 0.717) is 17.9 Å². The second-order valence-electron chi connectivity index (χ2n) is 4.09. The summed E-state index contributed by atoms with van der Waals surface area (Å²) in [5.41, 5.74) is 1.34. The topological polar surface area (TPSA) is 38.3 Å². The fraction of sp³-hybridized carbons (Fsp3) is 0.0625. The summed E-state index contributed by atoms with van der Waals surface area (Å²) in [6, 6.07) is 14.4. The number of rotatable bonds is 5. The van der Waals surface area contributed by atoms with Gasteiger partial charge in [-0.05, 0) is 48.5 Å². The molecule has 2 aromatic carbocycles. The third-order valence-corrected chi connectivity index (χ3v) is 3.12. The average Bonchev–Trinajstić information content (AvgIpc) is 2.48. The minimum atomic E-state index is -0.150. The third-order valence-electron chi connectivity index (χ3n) is 2.59. The van der Waals surface area contributed by atoms with Gasteiger partial charge in [0.1, 0.15) is 12.4 Å². The predicted molar refractivity (Wildman–Crippen MR) is 84.2 cm³/mol. The van der Waals surface area contributed by atoms with Crippen molar-refractivity contribution in [3.05, 3.63) is 71.2 Å². The van der Waals surface area contributed by atoms with Crippen LogP contribution in [0.1, 0.15) is 10.4 Å². The van der Waals surface area contributed by atoms with E-state index in [1.54, 1.807) is 30.3 Å². The Morgan fingerprint density at radius 1 is 1.15 bits per heavy atom. The number of anilines is 1. The molecule has 102 valence electrons. The highest BCUT2D eigenvalue weighted by molar-refractivity contribution is 9.10. The van der Waals surface area contributed by atoms with E-state index < -0.39 is 0 Å². The van der Waals surface area contributed by atoms with Crippen LogP contribution in [-0.2, 0) is 0 Å². The van der Waals surface area contributed by atoms with Gasteiger partial charge in [0.25, 0.3) is 5.91 Å². The van der Waals surface area contributed by atoms with Crippen LogP contribution in [0, 0.1) is 0 Å². The highest BCUT2D eigenvalue weighted by atomic mass is 79.9. The summed E-state index contributed by atoms with van der Waals surface area (Å²) in [6.07, 6.45) is 1.67. The fourth-order valence-corrected chi connectivity index (χ4v) is 1.86. The average molecular weight is 332 g/mol. The Morgan fingerprint density at radius 3 is 2.40 bits per heavy atom. The Bertz CT molecular complexity index is 591. The van der Waals surface area contributed by atoms with Crippen LogP contribution in [-0.4, -0.2) is 12.5 Å². The van der Waals surface area contributed by atoms with Crippen molar-refractivity contribution in [1.82, 2.24) is 0 Å². The van der Waals surface area contributed by atoms with Crippen molar-refractivity contribution in [2.24, 2.45) is 0 Å². The summed E-state index contributed by atoms with van der Waals surface area (Å²) in [4.78, 5) is 12.0. The molecule has 0 radical (unpaired) electrons. The van der Waals surface area contributed by atoms with Gasteiger partial charge in [0, 0.05) is 15.7 Å². The van der Waals surface area contributed by atoms with Crippen LogP contribution in [0.15, 0.2) is 65.7 Å². The first-order valence-corrected chi connectivity index (χ1v) is 6.89. The van der Waals surface area contributed by atoms with Crippen molar-refractivity contribution >= 4 is 27.5 Å². The van der Waals surface area contributed by atoms with Crippen LogP contribution in [0.25, 0.3) is 0 Å². The van der Waals surface area contributed by atoms with E-state index in [4.69, 9.17) is 4.74 Å². The predicted octanol–water partition coefficient (Wildman–Crippen LogP) is 4.27. The number of nitrogens with one attached hydrogen (secondary N) is 1. The maximum absolute atomic E-state index is 12.0. The molecular weight excluding hydrogens is 318 g/mol. The molecule has 3 nitrogen and oxygen atoms in total. The normalized spacial score (nSPS) is 9.85. The lowest BCUT2D eigenvalue weighted by Gasteiger charge is -2.07. The smallest absolute Gasteiger partial charge is 0.255 e. The maximum atomic E-state index is 12.0. The number of carbonyl (C=O) groups is 1. The lowest BCUT2D eigenvalue weighted by molar-refractivity contribution is 0.102. The van der Waals surface area contributed by atoms with E-state index in [1.165, 1.54) is 0 Å². The molecule has 2 rings (SSSR count). The summed E-state index contributed by atoms with van der Waals surface area (Å²) >= 11 is 3.35. The van der Waals surface area contributed by atoms with Gasteiger partial charge in [0.15, 0.2) is 0 Å². The Balaban J connectivity index is 2.01.